The molecule has 2 saturated heterocycles. The molecule has 0 aliphatic carbocycles. The first-order chi connectivity index (χ1) is 15.8. The minimum Gasteiger partial charge on any atom is -0.378 e. The number of rotatable bonds is 5. The van der Waals surface area contributed by atoms with Crippen LogP contribution in [0.25, 0.3) is 5.82 Å². The topological polar surface area (TPSA) is 88.4 Å². The summed E-state index contributed by atoms with van der Waals surface area (Å²) in [6.45, 7) is 4.81. The molecule has 5 rings (SSSR count). The zero-order chi connectivity index (χ0) is 21.8. The third-order valence-corrected chi connectivity index (χ3v) is 6.00. The largest absolute Gasteiger partial charge is 0.378 e. The molecule has 0 spiro atoms. The summed E-state index contributed by atoms with van der Waals surface area (Å²) in [5.41, 5.74) is 1.99. The Morgan fingerprint density at radius 3 is 2.47 bits per heavy atom. The highest BCUT2D eigenvalue weighted by molar-refractivity contribution is 5.93. The summed E-state index contributed by atoms with van der Waals surface area (Å²) in [5.74, 6) is 1.42. The molecule has 1 aromatic carbocycles. The van der Waals surface area contributed by atoms with Crippen LogP contribution < -0.4 is 15.1 Å². The number of hydrogen-bond donors (Lipinski definition) is 1. The Morgan fingerprint density at radius 1 is 0.969 bits per heavy atom. The molecule has 2 aromatic heterocycles. The van der Waals surface area contributed by atoms with E-state index >= 15 is 0 Å². The van der Waals surface area contributed by atoms with Gasteiger partial charge in [0, 0.05) is 49.9 Å². The average Bonchev–Trinajstić information content (AvgIpc) is 3.40. The summed E-state index contributed by atoms with van der Waals surface area (Å²) in [6.07, 6.45) is 5.35. The molecule has 9 heteroatoms. The summed E-state index contributed by atoms with van der Waals surface area (Å²) >= 11 is 0. The van der Waals surface area contributed by atoms with Crippen molar-refractivity contribution < 1.29 is 9.53 Å². The standard InChI is InChI=1S/C23H27N7O2/c31-23(25-19-4-6-20(7-5-19)28-13-15-32-16-14-28)18-3-1-11-29(17-18)21-8-9-22(27-26-21)30-12-2-10-24-30/h2,4-10,12,18H,1,3,11,13-17H2,(H,25,31). The van der Waals surface area contributed by atoms with E-state index in [-0.39, 0.29) is 11.8 Å². The maximum absolute atomic E-state index is 12.9. The third-order valence-electron chi connectivity index (χ3n) is 6.00. The molecule has 2 fully saturated rings. The number of morpholine rings is 1. The predicted octanol–water partition coefficient (Wildman–Crippen LogP) is 2.35. The van der Waals surface area contributed by atoms with Crippen molar-refractivity contribution in [3.8, 4) is 5.82 Å². The Bertz CT molecular complexity index is 1020. The lowest BCUT2D eigenvalue weighted by molar-refractivity contribution is -0.120. The molecule has 32 heavy (non-hydrogen) atoms. The fraction of sp³-hybridized carbons (Fsp3) is 0.391. The molecule has 0 saturated carbocycles. The van der Waals surface area contributed by atoms with Crippen LogP contribution in [0.4, 0.5) is 17.2 Å². The molecule has 166 valence electrons. The summed E-state index contributed by atoms with van der Waals surface area (Å²) in [4.78, 5) is 17.4. The molecule has 2 aliphatic heterocycles. The van der Waals surface area contributed by atoms with Gasteiger partial charge in [-0.15, -0.1) is 10.2 Å². The quantitative estimate of drug-likeness (QED) is 0.661. The van der Waals surface area contributed by atoms with E-state index in [1.165, 1.54) is 0 Å². The van der Waals surface area contributed by atoms with Gasteiger partial charge in [-0.1, -0.05) is 0 Å². The first kappa shape index (κ1) is 20.4. The van der Waals surface area contributed by atoms with Crippen molar-refractivity contribution in [2.24, 2.45) is 5.92 Å². The van der Waals surface area contributed by atoms with Crippen LogP contribution in [-0.4, -0.2) is 65.3 Å². The van der Waals surface area contributed by atoms with Gasteiger partial charge in [-0.25, -0.2) is 4.68 Å². The minimum atomic E-state index is -0.0877. The van der Waals surface area contributed by atoms with Crippen LogP contribution in [0.3, 0.4) is 0 Å². The second-order valence-corrected chi connectivity index (χ2v) is 8.12. The number of carbonyl (C=O) groups excluding carboxylic acids is 1. The van der Waals surface area contributed by atoms with Crippen LogP contribution in [0, 0.1) is 5.92 Å². The average molecular weight is 434 g/mol. The van der Waals surface area contributed by atoms with Crippen LogP contribution in [0.2, 0.25) is 0 Å². The van der Waals surface area contributed by atoms with Crippen molar-refractivity contribution in [1.29, 1.82) is 0 Å². The lowest BCUT2D eigenvalue weighted by Gasteiger charge is -2.32. The van der Waals surface area contributed by atoms with E-state index in [1.807, 2.05) is 36.5 Å². The third kappa shape index (κ3) is 4.57. The molecule has 0 radical (unpaired) electrons. The number of ether oxygens (including phenoxy) is 1. The van der Waals surface area contributed by atoms with E-state index in [0.29, 0.717) is 12.4 Å². The van der Waals surface area contributed by atoms with Crippen molar-refractivity contribution in [3.63, 3.8) is 0 Å². The first-order valence-electron chi connectivity index (χ1n) is 11.1. The van der Waals surface area contributed by atoms with E-state index in [9.17, 15) is 4.79 Å². The Labute approximate surface area is 187 Å². The highest BCUT2D eigenvalue weighted by atomic mass is 16.5. The predicted molar refractivity (Wildman–Crippen MR) is 122 cm³/mol. The number of piperidine rings is 1. The van der Waals surface area contributed by atoms with E-state index in [0.717, 1.165) is 62.9 Å². The second kappa shape index (κ2) is 9.35. The van der Waals surface area contributed by atoms with E-state index in [1.54, 1.807) is 10.9 Å². The van der Waals surface area contributed by atoms with Gasteiger partial charge in [-0.3, -0.25) is 4.79 Å². The van der Waals surface area contributed by atoms with Gasteiger partial charge in [0.05, 0.1) is 19.1 Å². The van der Waals surface area contributed by atoms with Gasteiger partial charge in [0.15, 0.2) is 11.6 Å². The first-order valence-corrected chi connectivity index (χ1v) is 11.1. The monoisotopic (exact) mass is 433 g/mol. The van der Waals surface area contributed by atoms with Gasteiger partial charge in [-0.2, -0.15) is 5.10 Å². The normalized spacial score (nSPS) is 19.1. The highest BCUT2D eigenvalue weighted by Gasteiger charge is 2.27. The Kier molecular flexibility index (Phi) is 5.98. The minimum absolute atomic E-state index is 0.0509. The maximum atomic E-state index is 12.9. The van der Waals surface area contributed by atoms with Crippen molar-refractivity contribution in [2.45, 2.75) is 12.8 Å². The number of benzene rings is 1. The van der Waals surface area contributed by atoms with Crippen LogP contribution >= 0.6 is 0 Å². The summed E-state index contributed by atoms with van der Waals surface area (Å²) in [6, 6.07) is 13.8. The molecule has 1 unspecified atom stereocenters. The van der Waals surface area contributed by atoms with Crippen LogP contribution in [0.15, 0.2) is 54.9 Å². The van der Waals surface area contributed by atoms with Gasteiger partial charge < -0.3 is 19.9 Å². The zero-order valence-electron chi connectivity index (χ0n) is 17.9. The van der Waals surface area contributed by atoms with Crippen LogP contribution in [0.5, 0.6) is 0 Å². The second-order valence-electron chi connectivity index (χ2n) is 8.12. The SMILES string of the molecule is O=C(Nc1ccc(N2CCOCC2)cc1)C1CCCN(c2ccc(-n3cccn3)nn2)C1. The number of carbonyl (C=O) groups is 1. The van der Waals surface area contributed by atoms with Gasteiger partial charge in [0.1, 0.15) is 0 Å². The van der Waals surface area contributed by atoms with Gasteiger partial charge >= 0.3 is 0 Å². The molecule has 1 atom stereocenters. The van der Waals surface area contributed by atoms with Crippen LogP contribution in [0.1, 0.15) is 12.8 Å². The molecule has 3 aromatic rings. The van der Waals surface area contributed by atoms with Crippen molar-refractivity contribution in [2.75, 3.05) is 54.5 Å². The highest BCUT2D eigenvalue weighted by Crippen LogP contribution is 2.24. The Morgan fingerprint density at radius 2 is 1.75 bits per heavy atom. The molecule has 2 aliphatic rings. The van der Waals surface area contributed by atoms with Gasteiger partial charge in [0.2, 0.25) is 5.91 Å². The molecule has 1 amide bonds. The fourth-order valence-corrected chi connectivity index (χ4v) is 4.23. The zero-order valence-corrected chi connectivity index (χ0v) is 17.9. The summed E-state index contributed by atoms with van der Waals surface area (Å²) in [5, 5.41) is 15.9. The molecule has 0 bridgehead atoms. The number of hydrogen-bond acceptors (Lipinski definition) is 7. The van der Waals surface area contributed by atoms with Crippen molar-refractivity contribution in [1.82, 2.24) is 20.0 Å². The number of anilines is 3. The molecule has 1 N–H and O–H groups in total. The maximum Gasteiger partial charge on any atom is 0.229 e. The Balaban J connectivity index is 1.19. The van der Waals surface area contributed by atoms with Gasteiger partial charge in [-0.05, 0) is 55.3 Å². The fourth-order valence-electron chi connectivity index (χ4n) is 4.23. The molecular formula is C23H27N7O2. The number of nitrogens with zero attached hydrogens (tertiary/aromatic N) is 6. The molecular weight excluding hydrogens is 406 g/mol. The van der Waals surface area contributed by atoms with E-state index in [4.69, 9.17) is 4.74 Å². The molecule has 4 heterocycles. The van der Waals surface area contributed by atoms with Crippen molar-refractivity contribution in [3.05, 3.63) is 54.9 Å². The lowest BCUT2D eigenvalue weighted by Crippen LogP contribution is -2.41. The summed E-state index contributed by atoms with van der Waals surface area (Å²) in [7, 11) is 0. The number of nitrogens with one attached hydrogen (secondary N) is 1. The Hall–Kier alpha value is -3.46. The molecule has 9 nitrogen and oxygen atoms in total. The van der Waals surface area contributed by atoms with Crippen molar-refractivity contribution >= 4 is 23.1 Å². The number of aromatic nitrogens is 4. The van der Waals surface area contributed by atoms with E-state index < -0.39 is 0 Å². The van der Waals surface area contributed by atoms with Gasteiger partial charge in [0.25, 0.3) is 0 Å². The number of amides is 1. The van der Waals surface area contributed by atoms with E-state index in [2.05, 4.69) is 42.5 Å². The summed E-state index contributed by atoms with van der Waals surface area (Å²) < 4.78 is 7.09. The smallest absolute Gasteiger partial charge is 0.229 e. The van der Waals surface area contributed by atoms with Crippen LogP contribution in [-0.2, 0) is 9.53 Å². The lowest BCUT2D eigenvalue weighted by atomic mass is 9.97.